The summed E-state index contributed by atoms with van der Waals surface area (Å²) in [5, 5.41) is 3.85. The highest BCUT2D eigenvalue weighted by atomic mass is 35.5. The van der Waals surface area contributed by atoms with Gasteiger partial charge in [0.05, 0.1) is 13.0 Å². The lowest BCUT2D eigenvalue weighted by molar-refractivity contribution is -0.132. The number of likely N-dealkylation sites (N-methyl/N-ethyl adjacent to an activating group) is 1. The molecule has 6 heteroatoms. The Bertz CT molecular complexity index is 702. The second kappa shape index (κ2) is 7.99. The molecule has 2 amide bonds. The number of anilines is 1. The van der Waals surface area contributed by atoms with Gasteiger partial charge < -0.3 is 10.2 Å². The summed E-state index contributed by atoms with van der Waals surface area (Å²) >= 11 is 11.8. The molecule has 2 rings (SSSR count). The quantitative estimate of drug-likeness (QED) is 0.894. The van der Waals surface area contributed by atoms with Gasteiger partial charge in [-0.2, -0.15) is 0 Å². The van der Waals surface area contributed by atoms with Crippen LogP contribution in [-0.2, 0) is 16.0 Å². The fourth-order valence-electron chi connectivity index (χ4n) is 1.98. The van der Waals surface area contributed by atoms with Crippen molar-refractivity contribution in [2.75, 3.05) is 18.9 Å². The predicted octanol–water partition coefficient (Wildman–Crippen LogP) is 3.63. The van der Waals surface area contributed by atoms with Crippen LogP contribution in [0.2, 0.25) is 10.0 Å². The average Bonchev–Trinajstić information content (AvgIpc) is 2.51. The Morgan fingerprint density at radius 1 is 1.04 bits per heavy atom. The van der Waals surface area contributed by atoms with Crippen LogP contribution < -0.4 is 5.32 Å². The second-order valence-electron chi connectivity index (χ2n) is 5.07. The first kappa shape index (κ1) is 17.3. The zero-order valence-corrected chi connectivity index (χ0v) is 14.1. The van der Waals surface area contributed by atoms with Gasteiger partial charge in [-0.25, -0.2) is 0 Å². The molecule has 0 aliphatic carbocycles. The van der Waals surface area contributed by atoms with E-state index in [1.54, 1.807) is 49.5 Å². The Kier molecular flexibility index (Phi) is 6.02. The summed E-state index contributed by atoms with van der Waals surface area (Å²) in [5.41, 5.74) is 1.37. The van der Waals surface area contributed by atoms with Gasteiger partial charge in [-0.1, -0.05) is 41.4 Å². The number of nitrogens with one attached hydrogen (secondary N) is 1. The first-order valence-corrected chi connectivity index (χ1v) is 7.74. The molecule has 0 saturated carbocycles. The number of hydrogen-bond acceptors (Lipinski definition) is 2. The molecule has 1 N–H and O–H groups in total. The lowest BCUT2D eigenvalue weighted by Gasteiger charge is -2.17. The second-order valence-corrected chi connectivity index (χ2v) is 5.92. The van der Waals surface area contributed by atoms with Crippen LogP contribution in [0, 0.1) is 0 Å². The third-order valence-corrected chi connectivity index (χ3v) is 3.85. The monoisotopic (exact) mass is 350 g/mol. The van der Waals surface area contributed by atoms with Crippen molar-refractivity contribution in [3.8, 4) is 0 Å². The van der Waals surface area contributed by atoms with Gasteiger partial charge in [-0.3, -0.25) is 9.59 Å². The van der Waals surface area contributed by atoms with E-state index in [9.17, 15) is 9.59 Å². The molecule has 0 aliphatic rings. The summed E-state index contributed by atoms with van der Waals surface area (Å²) in [4.78, 5) is 25.5. The molecule has 0 spiro atoms. The van der Waals surface area contributed by atoms with Crippen LogP contribution in [0.1, 0.15) is 5.56 Å². The van der Waals surface area contributed by atoms with Gasteiger partial charge in [0.2, 0.25) is 11.8 Å². The SMILES string of the molecule is CN(CC(=O)Nc1ccc(Cl)cc1)C(=O)Cc1ccccc1Cl. The van der Waals surface area contributed by atoms with Crippen LogP contribution in [0.25, 0.3) is 0 Å². The van der Waals surface area contributed by atoms with E-state index in [4.69, 9.17) is 23.2 Å². The Morgan fingerprint density at radius 2 is 1.70 bits per heavy atom. The number of carbonyl (C=O) groups is 2. The fourth-order valence-corrected chi connectivity index (χ4v) is 2.31. The molecule has 0 atom stereocenters. The van der Waals surface area contributed by atoms with Crippen LogP contribution in [-0.4, -0.2) is 30.3 Å². The number of amides is 2. The highest BCUT2D eigenvalue weighted by Gasteiger charge is 2.14. The van der Waals surface area contributed by atoms with Crippen LogP contribution in [0.15, 0.2) is 48.5 Å². The highest BCUT2D eigenvalue weighted by molar-refractivity contribution is 6.31. The normalized spacial score (nSPS) is 10.2. The Balaban J connectivity index is 1.89. The fraction of sp³-hybridized carbons (Fsp3) is 0.176. The Hall–Kier alpha value is -2.04. The first-order chi connectivity index (χ1) is 11.0. The molecular weight excluding hydrogens is 335 g/mol. The molecule has 2 aromatic carbocycles. The first-order valence-electron chi connectivity index (χ1n) is 6.98. The highest BCUT2D eigenvalue weighted by Crippen LogP contribution is 2.16. The van der Waals surface area contributed by atoms with Gasteiger partial charge in [0, 0.05) is 22.8 Å². The van der Waals surface area contributed by atoms with Crippen molar-refractivity contribution in [3.63, 3.8) is 0 Å². The summed E-state index contributed by atoms with van der Waals surface area (Å²) in [6.07, 6.45) is 0.157. The summed E-state index contributed by atoms with van der Waals surface area (Å²) in [5.74, 6) is -0.452. The predicted molar refractivity (Wildman–Crippen MR) is 92.9 cm³/mol. The standard InChI is InChI=1S/C17H16Cl2N2O2/c1-21(17(23)10-12-4-2-3-5-15(12)19)11-16(22)20-14-8-6-13(18)7-9-14/h2-9H,10-11H2,1H3,(H,20,22). The minimum atomic E-state index is -0.276. The summed E-state index contributed by atoms with van der Waals surface area (Å²) in [7, 11) is 1.58. The average molecular weight is 351 g/mol. The van der Waals surface area contributed by atoms with Gasteiger partial charge in [0.25, 0.3) is 0 Å². The van der Waals surface area contributed by atoms with Crippen molar-refractivity contribution < 1.29 is 9.59 Å². The maximum Gasteiger partial charge on any atom is 0.243 e. The van der Waals surface area contributed by atoms with Crippen molar-refractivity contribution in [1.29, 1.82) is 0 Å². The summed E-state index contributed by atoms with van der Waals surface area (Å²) in [6, 6.07) is 13.9. The molecule has 4 nitrogen and oxygen atoms in total. The van der Waals surface area contributed by atoms with Crippen molar-refractivity contribution in [2.45, 2.75) is 6.42 Å². The van der Waals surface area contributed by atoms with E-state index >= 15 is 0 Å². The van der Waals surface area contributed by atoms with Gasteiger partial charge in [0.1, 0.15) is 0 Å². The maximum absolute atomic E-state index is 12.2. The lowest BCUT2D eigenvalue weighted by Crippen LogP contribution is -2.35. The van der Waals surface area contributed by atoms with Gasteiger partial charge in [-0.05, 0) is 35.9 Å². The molecule has 0 aliphatic heterocycles. The zero-order valence-electron chi connectivity index (χ0n) is 12.6. The minimum Gasteiger partial charge on any atom is -0.336 e. The molecule has 0 bridgehead atoms. The van der Waals surface area contributed by atoms with E-state index < -0.39 is 0 Å². The van der Waals surface area contributed by atoms with Crippen LogP contribution in [0.5, 0.6) is 0 Å². The number of nitrogens with zero attached hydrogens (tertiary/aromatic N) is 1. The number of benzene rings is 2. The lowest BCUT2D eigenvalue weighted by atomic mass is 10.1. The number of hydrogen-bond donors (Lipinski definition) is 1. The largest absolute Gasteiger partial charge is 0.336 e. The molecule has 0 radical (unpaired) electrons. The van der Waals surface area contributed by atoms with Gasteiger partial charge >= 0.3 is 0 Å². The van der Waals surface area contributed by atoms with Crippen molar-refractivity contribution in [1.82, 2.24) is 4.90 Å². The van der Waals surface area contributed by atoms with E-state index in [0.29, 0.717) is 15.7 Å². The summed E-state index contributed by atoms with van der Waals surface area (Å²) < 4.78 is 0. The number of carbonyl (C=O) groups excluding carboxylic acids is 2. The van der Waals surface area contributed by atoms with Crippen molar-refractivity contribution >= 4 is 40.7 Å². The van der Waals surface area contributed by atoms with Gasteiger partial charge in [0.15, 0.2) is 0 Å². The minimum absolute atomic E-state index is 0.0358. The number of rotatable bonds is 5. The van der Waals surface area contributed by atoms with E-state index in [1.165, 1.54) is 4.90 Å². The molecule has 0 fully saturated rings. The zero-order chi connectivity index (χ0) is 16.8. The summed E-state index contributed by atoms with van der Waals surface area (Å²) in [6.45, 7) is -0.0358. The molecule has 2 aromatic rings. The van der Waals surface area contributed by atoms with Crippen LogP contribution in [0.4, 0.5) is 5.69 Å². The van der Waals surface area contributed by atoms with Crippen molar-refractivity contribution in [2.24, 2.45) is 0 Å². The molecule has 23 heavy (non-hydrogen) atoms. The third-order valence-electron chi connectivity index (χ3n) is 3.23. The van der Waals surface area contributed by atoms with E-state index in [-0.39, 0.29) is 24.8 Å². The smallest absolute Gasteiger partial charge is 0.243 e. The molecule has 120 valence electrons. The topological polar surface area (TPSA) is 49.4 Å². The number of halogens is 2. The van der Waals surface area contributed by atoms with Gasteiger partial charge in [-0.15, -0.1) is 0 Å². The van der Waals surface area contributed by atoms with Crippen molar-refractivity contribution in [3.05, 3.63) is 64.1 Å². The van der Waals surface area contributed by atoms with Crippen LogP contribution in [0.3, 0.4) is 0 Å². The molecule has 0 aromatic heterocycles. The van der Waals surface area contributed by atoms with E-state index in [0.717, 1.165) is 5.56 Å². The third kappa shape index (κ3) is 5.27. The van der Waals surface area contributed by atoms with Crippen LogP contribution >= 0.6 is 23.2 Å². The molecule has 0 unspecified atom stereocenters. The Morgan fingerprint density at radius 3 is 2.35 bits per heavy atom. The Labute approximate surface area is 145 Å². The van der Waals surface area contributed by atoms with E-state index in [1.807, 2.05) is 6.07 Å². The molecule has 0 saturated heterocycles. The maximum atomic E-state index is 12.2. The molecular formula is C17H16Cl2N2O2. The van der Waals surface area contributed by atoms with E-state index in [2.05, 4.69) is 5.32 Å². The molecule has 0 heterocycles.